The number of fused-ring (bicyclic) bond motifs is 1. The van der Waals surface area contributed by atoms with Crippen LogP contribution in [0.3, 0.4) is 0 Å². The Bertz CT molecular complexity index is 674. The van der Waals surface area contributed by atoms with Crippen molar-refractivity contribution in [1.29, 1.82) is 0 Å². The standard InChI is InChI=1S/C17H21FO2S/c1-16(2)9-12(17(3,4)20-16)15(19)14-8-10-7-11(18)5-6-13(10)21-14/h5-8,12,15,19H,9H2,1-4H3. The molecule has 114 valence electrons. The van der Waals surface area contributed by atoms with Gasteiger partial charge in [-0.05, 0) is 63.8 Å². The van der Waals surface area contributed by atoms with Gasteiger partial charge in [0.25, 0.3) is 0 Å². The molecule has 0 spiro atoms. The molecule has 2 atom stereocenters. The smallest absolute Gasteiger partial charge is 0.123 e. The fourth-order valence-corrected chi connectivity index (χ4v) is 4.57. The number of aliphatic hydroxyl groups excluding tert-OH is 1. The zero-order valence-corrected chi connectivity index (χ0v) is 13.6. The highest BCUT2D eigenvalue weighted by Gasteiger charge is 2.49. The summed E-state index contributed by atoms with van der Waals surface area (Å²) >= 11 is 1.53. The van der Waals surface area contributed by atoms with Gasteiger partial charge in [0.1, 0.15) is 5.82 Å². The van der Waals surface area contributed by atoms with Crippen LogP contribution in [-0.4, -0.2) is 16.3 Å². The van der Waals surface area contributed by atoms with Crippen molar-refractivity contribution in [1.82, 2.24) is 0 Å². The lowest BCUT2D eigenvalue weighted by atomic mass is 9.82. The summed E-state index contributed by atoms with van der Waals surface area (Å²) in [5, 5.41) is 11.6. The van der Waals surface area contributed by atoms with E-state index in [0.29, 0.717) is 0 Å². The van der Waals surface area contributed by atoms with Gasteiger partial charge < -0.3 is 9.84 Å². The summed E-state index contributed by atoms with van der Waals surface area (Å²) < 4.78 is 20.4. The molecule has 21 heavy (non-hydrogen) atoms. The van der Waals surface area contributed by atoms with Crippen LogP contribution in [0, 0.1) is 11.7 Å². The van der Waals surface area contributed by atoms with E-state index in [2.05, 4.69) is 13.8 Å². The number of hydrogen-bond acceptors (Lipinski definition) is 3. The van der Waals surface area contributed by atoms with Gasteiger partial charge in [-0.3, -0.25) is 0 Å². The Balaban J connectivity index is 1.95. The van der Waals surface area contributed by atoms with Crippen molar-refractivity contribution in [2.24, 2.45) is 5.92 Å². The number of rotatable bonds is 2. The Kier molecular flexibility index (Phi) is 3.39. The molecule has 0 bridgehead atoms. The first kappa shape index (κ1) is 14.9. The summed E-state index contributed by atoms with van der Waals surface area (Å²) in [6.07, 6.45) is 0.228. The van der Waals surface area contributed by atoms with Crippen LogP contribution in [0.5, 0.6) is 0 Å². The lowest BCUT2D eigenvalue weighted by Crippen LogP contribution is -2.32. The second kappa shape index (κ2) is 4.77. The van der Waals surface area contributed by atoms with Crippen LogP contribution < -0.4 is 0 Å². The molecule has 1 N–H and O–H groups in total. The van der Waals surface area contributed by atoms with Crippen molar-refractivity contribution in [3.05, 3.63) is 35.0 Å². The molecule has 1 saturated heterocycles. The van der Waals surface area contributed by atoms with Crippen molar-refractivity contribution in [2.45, 2.75) is 51.4 Å². The van der Waals surface area contributed by atoms with Crippen molar-refractivity contribution in [3.63, 3.8) is 0 Å². The first-order valence-electron chi connectivity index (χ1n) is 7.25. The largest absolute Gasteiger partial charge is 0.387 e. The van der Waals surface area contributed by atoms with Crippen LogP contribution in [-0.2, 0) is 4.74 Å². The van der Waals surface area contributed by atoms with E-state index in [4.69, 9.17) is 4.74 Å². The summed E-state index contributed by atoms with van der Waals surface area (Å²) in [6, 6.07) is 6.64. The predicted octanol–water partition coefficient (Wildman–Crippen LogP) is 4.67. The Labute approximate surface area is 128 Å². The Morgan fingerprint density at radius 1 is 1.29 bits per heavy atom. The molecule has 1 aliphatic rings. The van der Waals surface area contributed by atoms with E-state index in [1.54, 1.807) is 6.07 Å². The van der Waals surface area contributed by atoms with E-state index in [1.807, 2.05) is 19.9 Å². The average molecular weight is 308 g/mol. The van der Waals surface area contributed by atoms with Gasteiger partial charge >= 0.3 is 0 Å². The maximum atomic E-state index is 13.3. The zero-order chi connectivity index (χ0) is 15.4. The molecule has 1 fully saturated rings. The lowest BCUT2D eigenvalue weighted by molar-refractivity contribution is -0.0876. The SMILES string of the molecule is CC1(C)CC(C(O)c2cc3cc(F)ccc3s2)C(C)(C)O1. The molecule has 0 saturated carbocycles. The molecule has 2 heterocycles. The van der Waals surface area contributed by atoms with E-state index in [-0.39, 0.29) is 22.9 Å². The molecule has 3 rings (SSSR count). The molecule has 4 heteroatoms. The topological polar surface area (TPSA) is 29.5 Å². The molecule has 0 aliphatic carbocycles. The van der Waals surface area contributed by atoms with Crippen molar-refractivity contribution < 1.29 is 14.2 Å². The highest BCUT2D eigenvalue weighted by molar-refractivity contribution is 7.19. The first-order valence-corrected chi connectivity index (χ1v) is 8.07. The minimum Gasteiger partial charge on any atom is -0.387 e. The molecule has 1 aliphatic heterocycles. The molecule has 1 aromatic carbocycles. The molecule has 1 aromatic heterocycles. The Morgan fingerprint density at radius 3 is 2.62 bits per heavy atom. The Morgan fingerprint density at radius 2 is 2.00 bits per heavy atom. The monoisotopic (exact) mass is 308 g/mol. The number of halogens is 1. The molecular formula is C17H21FO2S. The van der Waals surface area contributed by atoms with Gasteiger partial charge in [0.2, 0.25) is 0 Å². The number of ether oxygens (including phenoxy) is 1. The minimum absolute atomic E-state index is 0.0328. The predicted molar refractivity (Wildman–Crippen MR) is 84.1 cm³/mol. The zero-order valence-electron chi connectivity index (χ0n) is 12.8. The third-order valence-electron chi connectivity index (χ3n) is 4.31. The maximum absolute atomic E-state index is 13.3. The Hall–Kier alpha value is -0.970. The third kappa shape index (κ3) is 2.72. The van der Waals surface area contributed by atoms with Crippen LogP contribution in [0.4, 0.5) is 4.39 Å². The molecular weight excluding hydrogens is 287 g/mol. The quantitative estimate of drug-likeness (QED) is 0.873. The van der Waals surface area contributed by atoms with Crippen LogP contribution in [0.25, 0.3) is 10.1 Å². The van der Waals surface area contributed by atoms with Gasteiger partial charge in [-0.2, -0.15) is 0 Å². The van der Waals surface area contributed by atoms with Gasteiger partial charge in [-0.25, -0.2) is 4.39 Å². The van der Waals surface area contributed by atoms with Crippen LogP contribution in [0.1, 0.15) is 45.1 Å². The summed E-state index contributed by atoms with van der Waals surface area (Å²) in [5.41, 5.74) is -0.595. The van der Waals surface area contributed by atoms with Crippen molar-refractivity contribution in [3.8, 4) is 0 Å². The maximum Gasteiger partial charge on any atom is 0.123 e. The molecule has 2 nitrogen and oxygen atoms in total. The summed E-state index contributed by atoms with van der Waals surface area (Å²) in [7, 11) is 0. The van der Waals surface area contributed by atoms with E-state index < -0.39 is 6.10 Å². The average Bonchev–Trinajstić information content (AvgIpc) is 2.85. The van der Waals surface area contributed by atoms with Crippen molar-refractivity contribution >= 4 is 21.4 Å². The van der Waals surface area contributed by atoms with Gasteiger partial charge in [0.15, 0.2) is 0 Å². The molecule has 0 amide bonds. The third-order valence-corrected chi connectivity index (χ3v) is 5.50. The minimum atomic E-state index is -0.581. The van der Waals surface area contributed by atoms with E-state index in [1.165, 1.54) is 23.5 Å². The highest BCUT2D eigenvalue weighted by Crippen LogP contribution is 2.49. The lowest BCUT2D eigenvalue weighted by Gasteiger charge is -2.29. The summed E-state index contributed by atoms with van der Waals surface area (Å²) in [5.74, 6) is -0.211. The fraction of sp³-hybridized carbons (Fsp3) is 0.529. The number of hydrogen-bond donors (Lipinski definition) is 1. The van der Waals surface area contributed by atoms with E-state index in [9.17, 15) is 9.50 Å². The first-order chi connectivity index (χ1) is 9.68. The van der Waals surface area contributed by atoms with Crippen LogP contribution in [0.15, 0.2) is 24.3 Å². The number of aliphatic hydroxyl groups is 1. The van der Waals surface area contributed by atoms with Gasteiger partial charge in [0.05, 0.1) is 17.3 Å². The second-order valence-corrected chi connectivity index (χ2v) is 8.17. The summed E-state index contributed by atoms with van der Waals surface area (Å²) in [6.45, 7) is 8.18. The van der Waals surface area contributed by atoms with Crippen LogP contribution >= 0.6 is 11.3 Å². The summed E-state index contributed by atoms with van der Waals surface area (Å²) in [4.78, 5) is 0.884. The highest BCUT2D eigenvalue weighted by atomic mass is 32.1. The second-order valence-electron chi connectivity index (χ2n) is 7.05. The van der Waals surface area contributed by atoms with E-state index in [0.717, 1.165) is 21.4 Å². The fourth-order valence-electron chi connectivity index (χ4n) is 3.48. The molecule has 2 unspecified atom stereocenters. The van der Waals surface area contributed by atoms with Crippen molar-refractivity contribution in [2.75, 3.05) is 0 Å². The van der Waals surface area contributed by atoms with Gasteiger partial charge in [0, 0.05) is 15.5 Å². The number of benzene rings is 1. The molecule has 2 aromatic rings. The molecule has 0 radical (unpaired) electrons. The van der Waals surface area contributed by atoms with Gasteiger partial charge in [-0.15, -0.1) is 11.3 Å². The normalized spacial score (nSPS) is 25.3. The number of thiophene rings is 1. The van der Waals surface area contributed by atoms with Gasteiger partial charge in [-0.1, -0.05) is 0 Å². The van der Waals surface area contributed by atoms with Crippen LogP contribution in [0.2, 0.25) is 0 Å². The van der Waals surface area contributed by atoms with E-state index >= 15 is 0 Å².